The maximum absolute atomic E-state index is 11.9. The fourth-order valence-corrected chi connectivity index (χ4v) is 3.33. The number of hydrogen-bond acceptors (Lipinski definition) is 6. The fourth-order valence-electron chi connectivity index (χ4n) is 3.33. The van der Waals surface area contributed by atoms with E-state index in [4.69, 9.17) is 14.2 Å². The Kier molecular flexibility index (Phi) is 6.34. The molecule has 7 nitrogen and oxygen atoms in total. The van der Waals surface area contributed by atoms with Gasteiger partial charge in [-0.1, -0.05) is 0 Å². The number of rotatable bonds is 5. The van der Waals surface area contributed by atoms with E-state index in [0.29, 0.717) is 6.61 Å². The molecule has 0 aliphatic carbocycles. The quantitative estimate of drug-likeness (QED) is 0.843. The predicted octanol–water partition coefficient (Wildman–Crippen LogP) is 3.64. The van der Waals surface area contributed by atoms with Crippen molar-refractivity contribution in [1.29, 1.82) is 0 Å². The van der Waals surface area contributed by atoms with Crippen molar-refractivity contribution in [2.45, 2.75) is 64.2 Å². The van der Waals surface area contributed by atoms with Crippen LogP contribution in [-0.2, 0) is 15.9 Å². The third-order valence-electron chi connectivity index (χ3n) is 4.72. The lowest BCUT2D eigenvalue weighted by Gasteiger charge is -2.30. The van der Waals surface area contributed by atoms with E-state index in [2.05, 4.69) is 15.3 Å². The Morgan fingerprint density at radius 3 is 2.79 bits per heavy atom. The zero-order chi connectivity index (χ0) is 20.1. The molecule has 1 aromatic heterocycles. The maximum Gasteiger partial charge on any atom is 0.407 e. The molecule has 0 saturated carbocycles. The molecule has 7 heteroatoms. The van der Waals surface area contributed by atoms with Crippen molar-refractivity contribution >= 4 is 17.0 Å². The summed E-state index contributed by atoms with van der Waals surface area (Å²) < 4.78 is 16.6. The van der Waals surface area contributed by atoms with Gasteiger partial charge in [0.1, 0.15) is 17.7 Å². The number of carbonyl (C=O) groups excluding carboxylic acids is 1. The molecule has 3 rings (SSSR count). The van der Waals surface area contributed by atoms with Crippen molar-refractivity contribution in [3.8, 4) is 5.75 Å². The molecule has 152 valence electrons. The number of aromatic nitrogens is 2. The molecule has 2 heterocycles. The monoisotopic (exact) mass is 387 g/mol. The van der Waals surface area contributed by atoms with Gasteiger partial charge in [0, 0.05) is 5.39 Å². The summed E-state index contributed by atoms with van der Waals surface area (Å²) in [5.74, 6) is 0.800. The lowest BCUT2D eigenvalue weighted by Crippen LogP contribution is -2.44. The van der Waals surface area contributed by atoms with Gasteiger partial charge in [-0.25, -0.2) is 14.8 Å². The minimum Gasteiger partial charge on any atom is -0.497 e. The summed E-state index contributed by atoms with van der Waals surface area (Å²) in [6.07, 6.45) is 4.83. The first-order valence-corrected chi connectivity index (χ1v) is 9.73. The number of carbonyl (C=O) groups is 1. The Balaban J connectivity index is 1.51. The third-order valence-corrected chi connectivity index (χ3v) is 4.72. The topological polar surface area (TPSA) is 82.6 Å². The minimum atomic E-state index is -0.495. The second kappa shape index (κ2) is 8.73. The van der Waals surface area contributed by atoms with Crippen molar-refractivity contribution < 1.29 is 19.0 Å². The minimum absolute atomic E-state index is 0.00441. The summed E-state index contributed by atoms with van der Waals surface area (Å²) in [6, 6.07) is 5.83. The number of amides is 1. The first kappa shape index (κ1) is 20.3. The van der Waals surface area contributed by atoms with Gasteiger partial charge in [-0.15, -0.1) is 0 Å². The zero-order valence-electron chi connectivity index (χ0n) is 17.0. The number of alkyl carbamates (subject to hydrolysis) is 1. The van der Waals surface area contributed by atoms with Gasteiger partial charge >= 0.3 is 6.09 Å². The number of nitrogens with zero attached hydrogens (tertiary/aromatic N) is 2. The Morgan fingerprint density at radius 2 is 2.11 bits per heavy atom. The van der Waals surface area contributed by atoms with Crippen LogP contribution < -0.4 is 10.1 Å². The molecule has 1 aliphatic heterocycles. The largest absolute Gasteiger partial charge is 0.497 e. The number of hydrogen-bond donors (Lipinski definition) is 1. The van der Waals surface area contributed by atoms with E-state index in [1.54, 1.807) is 13.4 Å². The highest BCUT2D eigenvalue weighted by atomic mass is 16.6. The van der Waals surface area contributed by atoms with Crippen molar-refractivity contribution in [3.63, 3.8) is 0 Å². The number of benzene rings is 1. The third kappa shape index (κ3) is 5.55. The van der Waals surface area contributed by atoms with Crippen LogP contribution in [0, 0.1) is 0 Å². The Labute approximate surface area is 165 Å². The second-order valence-electron chi connectivity index (χ2n) is 8.12. The molecule has 1 N–H and O–H groups in total. The van der Waals surface area contributed by atoms with Crippen molar-refractivity contribution in [1.82, 2.24) is 15.3 Å². The van der Waals surface area contributed by atoms with Crippen LogP contribution in [-0.4, -0.2) is 47.5 Å². The molecule has 1 aliphatic rings. The predicted molar refractivity (Wildman–Crippen MR) is 107 cm³/mol. The number of nitrogens with one attached hydrogen (secondary N) is 1. The van der Waals surface area contributed by atoms with Gasteiger partial charge < -0.3 is 19.5 Å². The normalized spacial score (nSPS) is 20.0. The van der Waals surface area contributed by atoms with E-state index in [-0.39, 0.29) is 18.2 Å². The second-order valence-corrected chi connectivity index (χ2v) is 8.12. The van der Waals surface area contributed by atoms with Crippen LogP contribution in [0.4, 0.5) is 4.79 Å². The smallest absolute Gasteiger partial charge is 0.407 e. The Hall–Kier alpha value is -2.41. The molecular formula is C21H29N3O4. The lowest BCUT2D eigenvalue weighted by molar-refractivity contribution is -0.0114. The van der Waals surface area contributed by atoms with E-state index in [0.717, 1.165) is 48.0 Å². The van der Waals surface area contributed by atoms with E-state index in [1.165, 1.54) is 0 Å². The van der Waals surface area contributed by atoms with Gasteiger partial charge in [0.2, 0.25) is 0 Å². The van der Waals surface area contributed by atoms with Crippen molar-refractivity contribution in [2.24, 2.45) is 0 Å². The Morgan fingerprint density at radius 1 is 1.29 bits per heavy atom. The molecule has 1 saturated heterocycles. The molecule has 0 spiro atoms. The lowest BCUT2D eigenvalue weighted by atomic mass is 9.99. The molecule has 2 aromatic rings. The number of ether oxygens (including phenoxy) is 3. The fraction of sp³-hybridized carbons (Fsp3) is 0.571. The molecule has 2 atom stereocenters. The van der Waals surface area contributed by atoms with E-state index in [1.807, 2.05) is 39.0 Å². The average Bonchev–Trinajstić information content (AvgIpc) is 2.65. The van der Waals surface area contributed by atoms with E-state index >= 15 is 0 Å². The van der Waals surface area contributed by atoms with Crippen LogP contribution in [0.15, 0.2) is 24.5 Å². The van der Waals surface area contributed by atoms with Gasteiger partial charge in [0.25, 0.3) is 0 Å². The highest BCUT2D eigenvalue weighted by Crippen LogP contribution is 2.24. The van der Waals surface area contributed by atoms with Crippen LogP contribution in [0.2, 0.25) is 0 Å². The molecule has 1 fully saturated rings. The van der Waals surface area contributed by atoms with Crippen molar-refractivity contribution in [2.75, 3.05) is 13.7 Å². The van der Waals surface area contributed by atoms with Crippen LogP contribution in [0.1, 0.15) is 45.7 Å². The number of methoxy groups -OCH3 is 1. The number of fused-ring (bicyclic) bond motifs is 1. The van der Waals surface area contributed by atoms with Gasteiger partial charge in [-0.2, -0.15) is 0 Å². The van der Waals surface area contributed by atoms with Crippen LogP contribution in [0.25, 0.3) is 10.9 Å². The molecule has 1 aromatic carbocycles. The first-order chi connectivity index (χ1) is 13.3. The molecular weight excluding hydrogens is 358 g/mol. The summed E-state index contributed by atoms with van der Waals surface area (Å²) in [5.41, 5.74) is 1.42. The molecule has 28 heavy (non-hydrogen) atoms. The maximum atomic E-state index is 11.9. The van der Waals surface area contributed by atoms with Crippen LogP contribution in [0.3, 0.4) is 0 Å². The highest BCUT2D eigenvalue weighted by Gasteiger charge is 2.25. The Bertz CT molecular complexity index is 811. The van der Waals surface area contributed by atoms with Crippen LogP contribution >= 0.6 is 0 Å². The summed E-state index contributed by atoms with van der Waals surface area (Å²) in [5, 5.41) is 3.90. The van der Waals surface area contributed by atoms with Crippen molar-refractivity contribution in [3.05, 3.63) is 30.2 Å². The average molecular weight is 387 g/mol. The molecule has 0 radical (unpaired) electrons. The number of aryl methyl sites for hydroxylation is 1. The van der Waals surface area contributed by atoms with Gasteiger partial charge in [-0.05, 0) is 64.7 Å². The highest BCUT2D eigenvalue weighted by molar-refractivity contribution is 5.82. The molecule has 1 amide bonds. The standard InChI is InChI=1S/C21H29N3O4/c1-21(2,3)28-20(25)24-14-5-6-15(27-12-14)7-9-18-17-11-16(26-4)8-10-19(17)23-13-22-18/h8,10-11,13-15H,5-7,9,12H2,1-4H3,(H,24,25)/t14-,15-/m1/s1. The summed E-state index contributed by atoms with van der Waals surface area (Å²) >= 11 is 0. The molecule has 0 bridgehead atoms. The summed E-state index contributed by atoms with van der Waals surface area (Å²) in [6.45, 7) is 6.06. The zero-order valence-corrected chi connectivity index (χ0v) is 17.0. The van der Waals surface area contributed by atoms with Gasteiger partial charge in [-0.3, -0.25) is 0 Å². The van der Waals surface area contributed by atoms with Gasteiger partial charge in [0.05, 0.1) is 37.1 Å². The van der Waals surface area contributed by atoms with Gasteiger partial charge in [0.15, 0.2) is 0 Å². The summed E-state index contributed by atoms with van der Waals surface area (Å²) in [4.78, 5) is 20.7. The SMILES string of the molecule is COc1ccc2ncnc(CC[C@H]3CC[C@@H](NC(=O)OC(C)(C)C)CO3)c2c1. The van der Waals surface area contributed by atoms with E-state index < -0.39 is 5.60 Å². The van der Waals surface area contributed by atoms with E-state index in [9.17, 15) is 4.79 Å². The summed E-state index contributed by atoms with van der Waals surface area (Å²) in [7, 11) is 1.65. The molecule has 0 unspecified atom stereocenters. The first-order valence-electron chi connectivity index (χ1n) is 9.73. The van der Waals surface area contributed by atoms with Crippen LogP contribution in [0.5, 0.6) is 5.75 Å².